The quantitative estimate of drug-likeness (QED) is 0.665. The van der Waals surface area contributed by atoms with E-state index in [1.165, 1.54) is 10.2 Å². The molecular formula is C16H14N2O. The molecule has 3 nitrogen and oxygen atoms in total. The number of hydrogen-bond acceptors (Lipinski definition) is 2. The second-order valence-electron chi connectivity index (χ2n) is 4.69. The van der Waals surface area contributed by atoms with Gasteiger partial charge in [-0.1, -0.05) is 48.0 Å². The Hall–Kier alpha value is -2.42. The van der Waals surface area contributed by atoms with Gasteiger partial charge in [-0.05, 0) is 13.0 Å². The first kappa shape index (κ1) is 11.7. The molecule has 0 unspecified atom stereocenters. The highest BCUT2D eigenvalue weighted by atomic mass is 16.1. The minimum Gasteiger partial charge on any atom is -0.267 e. The van der Waals surface area contributed by atoms with Crippen LogP contribution in [0.25, 0.3) is 22.0 Å². The van der Waals surface area contributed by atoms with Crippen LogP contribution in [0.1, 0.15) is 5.56 Å². The van der Waals surface area contributed by atoms with Crippen molar-refractivity contribution in [2.75, 3.05) is 0 Å². The molecule has 0 aliphatic rings. The summed E-state index contributed by atoms with van der Waals surface area (Å²) in [6.45, 7) is 2.05. The summed E-state index contributed by atoms with van der Waals surface area (Å²) < 4.78 is 1.40. The van der Waals surface area contributed by atoms with Gasteiger partial charge in [0.1, 0.15) is 0 Å². The van der Waals surface area contributed by atoms with Crippen molar-refractivity contribution in [1.29, 1.82) is 0 Å². The largest absolute Gasteiger partial charge is 0.274 e. The molecule has 1 heterocycles. The molecule has 0 aliphatic carbocycles. The first-order valence-electron chi connectivity index (χ1n) is 6.20. The van der Waals surface area contributed by atoms with Crippen LogP contribution in [0.2, 0.25) is 0 Å². The van der Waals surface area contributed by atoms with Crippen LogP contribution in [0.15, 0.2) is 53.3 Å². The summed E-state index contributed by atoms with van der Waals surface area (Å²) >= 11 is 0. The first-order valence-corrected chi connectivity index (χ1v) is 6.20. The van der Waals surface area contributed by atoms with Gasteiger partial charge in [0.15, 0.2) is 0 Å². The molecule has 0 atom stereocenters. The molecule has 0 amide bonds. The zero-order chi connectivity index (χ0) is 13.4. The summed E-state index contributed by atoms with van der Waals surface area (Å²) in [7, 11) is 1.69. The van der Waals surface area contributed by atoms with Gasteiger partial charge in [-0.2, -0.15) is 5.10 Å². The molecule has 3 aromatic rings. The second-order valence-corrected chi connectivity index (χ2v) is 4.69. The van der Waals surface area contributed by atoms with E-state index in [1.54, 1.807) is 7.05 Å². The van der Waals surface area contributed by atoms with Gasteiger partial charge in [-0.25, -0.2) is 4.68 Å². The second kappa shape index (κ2) is 4.35. The molecule has 0 bridgehead atoms. The van der Waals surface area contributed by atoms with Gasteiger partial charge in [0.05, 0.1) is 11.1 Å². The molecule has 0 aliphatic heterocycles. The van der Waals surface area contributed by atoms with E-state index in [4.69, 9.17) is 0 Å². The highest BCUT2D eigenvalue weighted by Crippen LogP contribution is 2.24. The standard InChI is InChI=1S/C16H14N2O/c1-11-7-9-12(10-8-11)15-13-5-3-4-6-14(13)16(19)18(2)17-15/h3-10H,1-2H3. The summed E-state index contributed by atoms with van der Waals surface area (Å²) in [6.07, 6.45) is 0. The molecule has 3 rings (SSSR count). The zero-order valence-corrected chi connectivity index (χ0v) is 10.9. The number of aromatic nitrogens is 2. The van der Waals surface area contributed by atoms with Crippen LogP contribution in [0, 0.1) is 6.92 Å². The predicted octanol–water partition coefficient (Wildman–Crippen LogP) is 2.91. The number of nitrogens with zero attached hydrogens (tertiary/aromatic N) is 2. The minimum atomic E-state index is -0.0635. The number of hydrogen-bond donors (Lipinski definition) is 0. The first-order chi connectivity index (χ1) is 9.16. The van der Waals surface area contributed by atoms with Gasteiger partial charge >= 0.3 is 0 Å². The monoisotopic (exact) mass is 250 g/mol. The maximum Gasteiger partial charge on any atom is 0.274 e. The average Bonchev–Trinajstić information content (AvgIpc) is 2.44. The lowest BCUT2D eigenvalue weighted by atomic mass is 10.0. The Morgan fingerprint density at radius 3 is 2.26 bits per heavy atom. The molecule has 19 heavy (non-hydrogen) atoms. The lowest BCUT2D eigenvalue weighted by molar-refractivity contribution is 0.722. The van der Waals surface area contributed by atoms with E-state index < -0.39 is 0 Å². The third kappa shape index (κ3) is 1.93. The fourth-order valence-electron chi connectivity index (χ4n) is 2.22. The molecule has 0 radical (unpaired) electrons. The molecule has 0 fully saturated rings. The Balaban J connectivity index is 2.38. The maximum atomic E-state index is 12.1. The molecule has 3 heteroatoms. The van der Waals surface area contributed by atoms with Gasteiger partial charge in [-0.3, -0.25) is 4.79 Å². The summed E-state index contributed by atoms with van der Waals surface area (Å²) in [6, 6.07) is 15.8. The number of rotatable bonds is 1. The van der Waals surface area contributed by atoms with Gasteiger partial charge in [0.25, 0.3) is 5.56 Å². The van der Waals surface area contributed by atoms with E-state index in [2.05, 4.69) is 24.2 Å². The van der Waals surface area contributed by atoms with Crippen LogP contribution in [-0.2, 0) is 7.05 Å². The van der Waals surface area contributed by atoms with Crippen LogP contribution in [0.5, 0.6) is 0 Å². The van der Waals surface area contributed by atoms with Crippen LogP contribution >= 0.6 is 0 Å². The third-order valence-corrected chi connectivity index (χ3v) is 3.28. The lowest BCUT2D eigenvalue weighted by Gasteiger charge is -2.08. The van der Waals surface area contributed by atoms with Crippen molar-refractivity contribution in [3.63, 3.8) is 0 Å². The van der Waals surface area contributed by atoms with E-state index in [0.29, 0.717) is 5.39 Å². The van der Waals surface area contributed by atoms with Crippen molar-refractivity contribution in [3.05, 3.63) is 64.4 Å². The van der Waals surface area contributed by atoms with Crippen LogP contribution in [-0.4, -0.2) is 9.78 Å². The van der Waals surface area contributed by atoms with Crippen molar-refractivity contribution < 1.29 is 0 Å². The van der Waals surface area contributed by atoms with Crippen molar-refractivity contribution in [3.8, 4) is 11.3 Å². The van der Waals surface area contributed by atoms with Crippen LogP contribution < -0.4 is 5.56 Å². The van der Waals surface area contributed by atoms with Gasteiger partial charge in [0, 0.05) is 18.0 Å². The average molecular weight is 250 g/mol. The van der Waals surface area contributed by atoms with E-state index in [1.807, 2.05) is 36.4 Å². The fraction of sp³-hybridized carbons (Fsp3) is 0.125. The Morgan fingerprint density at radius 2 is 1.58 bits per heavy atom. The van der Waals surface area contributed by atoms with Crippen LogP contribution in [0.3, 0.4) is 0 Å². The fourth-order valence-corrected chi connectivity index (χ4v) is 2.22. The minimum absolute atomic E-state index is 0.0635. The van der Waals surface area contributed by atoms with Gasteiger partial charge in [0.2, 0.25) is 0 Å². The number of aryl methyl sites for hydroxylation is 2. The number of fused-ring (bicyclic) bond motifs is 1. The predicted molar refractivity (Wildman–Crippen MR) is 77.2 cm³/mol. The van der Waals surface area contributed by atoms with E-state index in [0.717, 1.165) is 16.6 Å². The SMILES string of the molecule is Cc1ccc(-c2nn(C)c(=O)c3ccccc23)cc1. The molecular weight excluding hydrogens is 236 g/mol. The van der Waals surface area contributed by atoms with E-state index in [-0.39, 0.29) is 5.56 Å². The smallest absolute Gasteiger partial charge is 0.267 e. The van der Waals surface area contributed by atoms with Crippen LogP contribution in [0.4, 0.5) is 0 Å². The summed E-state index contributed by atoms with van der Waals surface area (Å²) in [5.41, 5.74) is 3.01. The third-order valence-electron chi connectivity index (χ3n) is 3.28. The molecule has 0 spiro atoms. The zero-order valence-electron chi connectivity index (χ0n) is 10.9. The Kier molecular flexibility index (Phi) is 2.67. The van der Waals surface area contributed by atoms with Crippen molar-refractivity contribution in [2.45, 2.75) is 6.92 Å². The Labute approximate surface area is 111 Å². The lowest BCUT2D eigenvalue weighted by Crippen LogP contribution is -2.20. The molecule has 1 aromatic heterocycles. The van der Waals surface area contributed by atoms with Gasteiger partial charge in [-0.15, -0.1) is 0 Å². The van der Waals surface area contributed by atoms with E-state index >= 15 is 0 Å². The summed E-state index contributed by atoms with van der Waals surface area (Å²) in [5, 5.41) is 6.01. The Bertz CT molecular complexity index is 801. The van der Waals surface area contributed by atoms with Crippen molar-refractivity contribution >= 4 is 10.8 Å². The van der Waals surface area contributed by atoms with E-state index in [9.17, 15) is 4.79 Å². The van der Waals surface area contributed by atoms with Gasteiger partial charge < -0.3 is 0 Å². The molecule has 0 saturated carbocycles. The Morgan fingerprint density at radius 1 is 0.947 bits per heavy atom. The summed E-state index contributed by atoms with van der Waals surface area (Å²) in [5.74, 6) is 0. The maximum absolute atomic E-state index is 12.1. The molecule has 0 saturated heterocycles. The summed E-state index contributed by atoms with van der Waals surface area (Å²) in [4.78, 5) is 12.1. The molecule has 94 valence electrons. The van der Waals surface area contributed by atoms with Crippen molar-refractivity contribution in [1.82, 2.24) is 9.78 Å². The number of benzene rings is 2. The van der Waals surface area contributed by atoms with Crippen molar-refractivity contribution in [2.24, 2.45) is 7.05 Å². The highest BCUT2D eigenvalue weighted by molar-refractivity contribution is 5.93. The normalized spacial score (nSPS) is 10.8. The topological polar surface area (TPSA) is 34.9 Å². The molecule has 2 aromatic carbocycles. The molecule has 0 N–H and O–H groups in total. The highest BCUT2D eigenvalue weighted by Gasteiger charge is 2.09.